The van der Waals surface area contributed by atoms with Crippen molar-refractivity contribution in [1.82, 2.24) is 24.8 Å². The molecule has 0 aliphatic carbocycles. The molecular weight excluding hydrogens is 276 g/mol. The fourth-order valence-corrected chi connectivity index (χ4v) is 2.50. The van der Waals surface area contributed by atoms with Crippen LogP contribution in [0.15, 0.2) is 12.7 Å². The summed E-state index contributed by atoms with van der Waals surface area (Å²) in [6.45, 7) is 0.919. The second kappa shape index (κ2) is 5.62. The first-order chi connectivity index (χ1) is 10.2. The standard InChI is InChI=1S/C12H16N6O3/c19-5-9(21)17-1-2-18(4-8(20)3-17)12-10-11(14-6-13-10)15-7-16-12/h6-8,19-20H,1-5H2,(H,13,14,15,16). The number of imidazole rings is 1. The number of amides is 1. The molecule has 1 fully saturated rings. The Hall–Kier alpha value is -2.26. The van der Waals surface area contributed by atoms with Gasteiger partial charge in [0.1, 0.15) is 18.5 Å². The molecule has 1 aliphatic heterocycles. The number of fused-ring (bicyclic) bond motifs is 1. The summed E-state index contributed by atoms with van der Waals surface area (Å²) in [6, 6.07) is 0. The van der Waals surface area contributed by atoms with Gasteiger partial charge in [0.2, 0.25) is 5.91 Å². The van der Waals surface area contributed by atoms with Crippen LogP contribution in [-0.2, 0) is 4.79 Å². The molecule has 3 N–H and O–H groups in total. The van der Waals surface area contributed by atoms with E-state index in [0.717, 1.165) is 0 Å². The molecule has 1 aliphatic rings. The number of hydrogen-bond donors (Lipinski definition) is 3. The zero-order chi connectivity index (χ0) is 14.8. The van der Waals surface area contributed by atoms with Gasteiger partial charge in [-0.3, -0.25) is 4.79 Å². The third-order valence-electron chi connectivity index (χ3n) is 3.49. The van der Waals surface area contributed by atoms with Crippen LogP contribution in [0.4, 0.5) is 5.82 Å². The Kier molecular flexibility index (Phi) is 3.67. The SMILES string of the molecule is O=C(CO)N1CCN(c2ncnc3nc[nH]c23)CC(O)C1. The van der Waals surface area contributed by atoms with Crippen molar-refractivity contribution in [2.24, 2.45) is 0 Å². The second-order valence-corrected chi connectivity index (χ2v) is 4.90. The highest BCUT2D eigenvalue weighted by atomic mass is 16.3. The lowest BCUT2D eigenvalue weighted by Gasteiger charge is -2.22. The first-order valence-electron chi connectivity index (χ1n) is 6.64. The normalized spacial score (nSPS) is 19.8. The molecule has 9 nitrogen and oxygen atoms in total. The van der Waals surface area contributed by atoms with Gasteiger partial charge in [-0.2, -0.15) is 0 Å². The highest BCUT2D eigenvalue weighted by molar-refractivity contribution is 5.83. The molecule has 1 amide bonds. The minimum Gasteiger partial charge on any atom is -0.389 e. The van der Waals surface area contributed by atoms with E-state index in [0.29, 0.717) is 36.6 Å². The zero-order valence-electron chi connectivity index (χ0n) is 11.3. The summed E-state index contributed by atoms with van der Waals surface area (Å²) in [5.74, 6) is 0.264. The summed E-state index contributed by atoms with van der Waals surface area (Å²) >= 11 is 0. The van der Waals surface area contributed by atoms with E-state index in [-0.39, 0.29) is 12.5 Å². The number of β-amino-alcohol motifs (C(OH)–C–C–N with tert-alkyl or cyclic N) is 1. The number of nitrogens with zero attached hydrogens (tertiary/aromatic N) is 5. The number of aliphatic hydroxyl groups is 2. The van der Waals surface area contributed by atoms with E-state index >= 15 is 0 Å². The average Bonchev–Trinajstić information content (AvgIpc) is 2.89. The van der Waals surface area contributed by atoms with Gasteiger partial charge < -0.3 is 25.0 Å². The molecule has 0 bridgehead atoms. The van der Waals surface area contributed by atoms with Crippen LogP contribution in [0.2, 0.25) is 0 Å². The smallest absolute Gasteiger partial charge is 0.248 e. The Morgan fingerprint density at radius 3 is 3.00 bits per heavy atom. The van der Waals surface area contributed by atoms with E-state index in [2.05, 4.69) is 19.9 Å². The summed E-state index contributed by atoms with van der Waals surface area (Å²) in [7, 11) is 0. The van der Waals surface area contributed by atoms with E-state index in [1.165, 1.54) is 11.2 Å². The van der Waals surface area contributed by atoms with Gasteiger partial charge in [-0.25, -0.2) is 15.0 Å². The molecule has 1 atom stereocenters. The minimum absolute atomic E-state index is 0.201. The fraction of sp³-hybridized carbons (Fsp3) is 0.500. The van der Waals surface area contributed by atoms with Crippen molar-refractivity contribution < 1.29 is 15.0 Å². The topological polar surface area (TPSA) is 118 Å². The molecule has 9 heteroatoms. The third-order valence-corrected chi connectivity index (χ3v) is 3.49. The van der Waals surface area contributed by atoms with E-state index in [9.17, 15) is 9.90 Å². The first-order valence-corrected chi connectivity index (χ1v) is 6.64. The van der Waals surface area contributed by atoms with Crippen LogP contribution in [0, 0.1) is 0 Å². The molecule has 0 aromatic carbocycles. The number of nitrogens with one attached hydrogen (secondary N) is 1. The number of hydrogen-bond acceptors (Lipinski definition) is 7. The maximum atomic E-state index is 11.6. The van der Waals surface area contributed by atoms with Gasteiger partial charge in [0.25, 0.3) is 0 Å². The highest BCUT2D eigenvalue weighted by Gasteiger charge is 2.26. The molecular formula is C12H16N6O3. The summed E-state index contributed by atoms with van der Waals surface area (Å²) in [6.07, 6.45) is 2.25. The predicted octanol–water partition coefficient (Wildman–Crippen LogP) is -1.65. The number of rotatable bonds is 2. The van der Waals surface area contributed by atoms with Crippen molar-refractivity contribution in [1.29, 1.82) is 0 Å². The van der Waals surface area contributed by atoms with Crippen molar-refractivity contribution in [2.75, 3.05) is 37.7 Å². The maximum Gasteiger partial charge on any atom is 0.248 e. The largest absolute Gasteiger partial charge is 0.389 e. The van der Waals surface area contributed by atoms with Crippen molar-refractivity contribution in [3.8, 4) is 0 Å². The van der Waals surface area contributed by atoms with Crippen molar-refractivity contribution >= 4 is 22.9 Å². The lowest BCUT2D eigenvalue weighted by atomic mass is 10.3. The summed E-state index contributed by atoms with van der Waals surface area (Å²) < 4.78 is 0. The van der Waals surface area contributed by atoms with Gasteiger partial charge >= 0.3 is 0 Å². The monoisotopic (exact) mass is 292 g/mol. The van der Waals surface area contributed by atoms with E-state index < -0.39 is 12.7 Å². The fourth-order valence-electron chi connectivity index (χ4n) is 2.50. The Morgan fingerprint density at radius 1 is 1.33 bits per heavy atom. The van der Waals surface area contributed by atoms with E-state index in [1.54, 1.807) is 6.33 Å². The molecule has 1 saturated heterocycles. The minimum atomic E-state index is -0.712. The van der Waals surface area contributed by atoms with Crippen LogP contribution in [0.3, 0.4) is 0 Å². The molecule has 0 radical (unpaired) electrons. The number of aromatic amines is 1. The second-order valence-electron chi connectivity index (χ2n) is 4.90. The predicted molar refractivity (Wildman–Crippen MR) is 73.6 cm³/mol. The maximum absolute atomic E-state index is 11.6. The number of H-pyrrole nitrogens is 1. The van der Waals surface area contributed by atoms with Crippen LogP contribution in [-0.4, -0.2) is 79.8 Å². The molecule has 3 rings (SSSR count). The number of aromatic nitrogens is 4. The number of carbonyl (C=O) groups is 1. The van der Waals surface area contributed by atoms with Gasteiger partial charge in [-0.05, 0) is 0 Å². The molecule has 2 aromatic heterocycles. The molecule has 1 unspecified atom stereocenters. The van der Waals surface area contributed by atoms with Gasteiger partial charge in [0.05, 0.1) is 12.4 Å². The number of anilines is 1. The number of aliphatic hydroxyl groups excluding tert-OH is 2. The third kappa shape index (κ3) is 2.65. The zero-order valence-corrected chi connectivity index (χ0v) is 11.3. The quantitative estimate of drug-likeness (QED) is 0.607. The van der Waals surface area contributed by atoms with Gasteiger partial charge in [-0.15, -0.1) is 0 Å². The highest BCUT2D eigenvalue weighted by Crippen LogP contribution is 2.21. The van der Waals surface area contributed by atoms with Crippen molar-refractivity contribution in [3.63, 3.8) is 0 Å². The van der Waals surface area contributed by atoms with Crippen LogP contribution >= 0.6 is 0 Å². The average molecular weight is 292 g/mol. The van der Waals surface area contributed by atoms with Gasteiger partial charge in [0, 0.05) is 26.2 Å². The summed E-state index contributed by atoms with van der Waals surface area (Å²) in [4.78, 5) is 30.3. The summed E-state index contributed by atoms with van der Waals surface area (Å²) in [5, 5.41) is 19.0. The molecule has 0 saturated carbocycles. The van der Waals surface area contributed by atoms with Crippen LogP contribution in [0.5, 0.6) is 0 Å². The van der Waals surface area contributed by atoms with E-state index in [1.807, 2.05) is 4.90 Å². The first kappa shape index (κ1) is 13.7. The van der Waals surface area contributed by atoms with Gasteiger partial charge in [0.15, 0.2) is 11.5 Å². The van der Waals surface area contributed by atoms with Crippen molar-refractivity contribution in [2.45, 2.75) is 6.10 Å². The van der Waals surface area contributed by atoms with Crippen LogP contribution in [0.25, 0.3) is 11.2 Å². The molecule has 0 spiro atoms. The van der Waals surface area contributed by atoms with E-state index in [4.69, 9.17) is 5.11 Å². The van der Waals surface area contributed by atoms with Crippen LogP contribution < -0.4 is 4.90 Å². The molecule has 112 valence electrons. The summed E-state index contributed by atoms with van der Waals surface area (Å²) in [5.41, 5.74) is 1.26. The molecule has 2 aromatic rings. The lowest BCUT2D eigenvalue weighted by molar-refractivity contribution is -0.135. The van der Waals surface area contributed by atoms with Gasteiger partial charge in [-0.1, -0.05) is 0 Å². The van der Waals surface area contributed by atoms with Crippen molar-refractivity contribution in [3.05, 3.63) is 12.7 Å². The molecule has 21 heavy (non-hydrogen) atoms. The Morgan fingerprint density at radius 2 is 2.19 bits per heavy atom. The van der Waals surface area contributed by atoms with Crippen LogP contribution in [0.1, 0.15) is 0 Å². The Bertz CT molecular complexity index is 645. The Balaban J connectivity index is 1.86. The number of carbonyl (C=O) groups excluding carboxylic acids is 1. The Labute approximate surface area is 120 Å². The molecule has 3 heterocycles. The lowest BCUT2D eigenvalue weighted by Crippen LogP contribution is -2.39.